The number of para-hydroxylation sites is 1. The molecule has 1 aliphatic rings. The third-order valence-electron chi connectivity index (χ3n) is 5.30. The van der Waals surface area contributed by atoms with E-state index in [1.54, 1.807) is 11.8 Å². The summed E-state index contributed by atoms with van der Waals surface area (Å²) in [4.78, 5) is 14.6. The Morgan fingerprint density at radius 2 is 1.73 bits per heavy atom. The average Bonchev–Trinajstić information content (AvgIpc) is 3.29. The Kier molecular flexibility index (Phi) is 5.23. The molecule has 1 aromatic heterocycles. The number of carbonyl (C=O) groups is 1. The summed E-state index contributed by atoms with van der Waals surface area (Å²) in [5.41, 5.74) is 4.28. The SMILES string of the molecule is O=C1CS[C@H](c2cn(Cc3cccc(Cl)c3)c3ccccc23)N1c1ccc(Cl)cc1. The molecule has 6 heteroatoms. The number of rotatable bonds is 4. The van der Waals surface area contributed by atoms with Gasteiger partial charge in [0, 0.05) is 44.9 Å². The minimum atomic E-state index is -0.0795. The Balaban J connectivity index is 1.58. The van der Waals surface area contributed by atoms with Crippen LogP contribution < -0.4 is 4.90 Å². The van der Waals surface area contributed by atoms with Crippen LogP contribution in [-0.4, -0.2) is 16.2 Å². The van der Waals surface area contributed by atoms with Crippen molar-refractivity contribution < 1.29 is 4.79 Å². The largest absolute Gasteiger partial charge is 0.343 e. The Bertz CT molecular complexity index is 1240. The molecule has 1 atom stereocenters. The first-order valence-corrected chi connectivity index (χ1v) is 11.4. The van der Waals surface area contributed by atoms with E-state index in [1.807, 2.05) is 59.5 Å². The molecule has 0 spiro atoms. The lowest BCUT2D eigenvalue weighted by Gasteiger charge is -2.24. The highest BCUT2D eigenvalue weighted by atomic mass is 35.5. The smallest absolute Gasteiger partial charge is 0.238 e. The van der Waals surface area contributed by atoms with Gasteiger partial charge in [-0.3, -0.25) is 9.69 Å². The van der Waals surface area contributed by atoms with Crippen LogP contribution in [0.25, 0.3) is 10.9 Å². The van der Waals surface area contributed by atoms with Crippen LogP contribution in [0.2, 0.25) is 10.0 Å². The van der Waals surface area contributed by atoms with Crippen LogP contribution in [0.5, 0.6) is 0 Å². The van der Waals surface area contributed by atoms with Crippen molar-refractivity contribution in [3.63, 3.8) is 0 Å². The van der Waals surface area contributed by atoms with E-state index in [1.165, 1.54) is 0 Å². The lowest BCUT2D eigenvalue weighted by Crippen LogP contribution is -2.27. The number of halogens is 2. The molecule has 30 heavy (non-hydrogen) atoms. The van der Waals surface area contributed by atoms with Crippen molar-refractivity contribution >= 4 is 57.5 Å². The molecule has 3 nitrogen and oxygen atoms in total. The molecular formula is C24H18Cl2N2OS. The highest BCUT2D eigenvalue weighted by Crippen LogP contribution is 2.44. The van der Waals surface area contributed by atoms with Crippen molar-refractivity contribution in [1.29, 1.82) is 0 Å². The predicted molar refractivity (Wildman–Crippen MR) is 127 cm³/mol. The molecule has 5 rings (SSSR count). The minimum Gasteiger partial charge on any atom is -0.343 e. The van der Waals surface area contributed by atoms with Crippen LogP contribution in [0.15, 0.2) is 79.0 Å². The molecule has 0 aliphatic carbocycles. The molecule has 0 radical (unpaired) electrons. The number of aromatic nitrogens is 1. The maximum Gasteiger partial charge on any atom is 0.238 e. The number of nitrogens with zero attached hydrogens (tertiary/aromatic N) is 2. The Hall–Kier alpha value is -2.40. The lowest BCUT2D eigenvalue weighted by molar-refractivity contribution is -0.115. The fourth-order valence-electron chi connectivity index (χ4n) is 3.97. The Morgan fingerprint density at radius 3 is 2.53 bits per heavy atom. The maximum atomic E-state index is 12.8. The van der Waals surface area contributed by atoms with Gasteiger partial charge >= 0.3 is 0 Å². The van der Waals surface area contributed by atoms with Gasteiger partial charge in [0.05, 0.1) is 5.75 Å². The van der Waals surface area contributed by atoms with Crippen molar-refractivity contribution in [1.82, 2.24) is 4.57 Å². The molecule has 0 unspecified atom stereocenters. The zero-order valence-corrected chi connectivity index (χ0v) is 18.3. The first-order valence-electron chi connectivity index (χ1n) is 9.61. The van der Waals surface area contributed by atoms with E-state index >= 15 is 0 Å². The highest BCUT2D eigenvalue weighted by molar-refractivity contribution is 8.00. The molecular weight excluding hydrogens is 435 g/mol. The molecule has 4 aromatic rings. The summed E-state index contributed by atoms with van der Waals surface area (Å²) in [5.74, 6) is 0.570. The summed E-state index contributed by atoms with van der Waals surface area (Å²) < 4.78 is 2.24. The first-order chi connectivity index (χ1) is 14.6. The van der Waals surface area contributed by atoms with Gasteiger partial charge in [0.15, 0.2) is 0 Å². The Morgan fingerprint density at radius 1 is 0.933 bits per heavy atom. The second-order valence-electron chi connectivity index (χ2n) is 7.26. The molecule has 1 amide bonds. The maximum absolute atomic E-state index is 12.8. The van der Waals surface area contributed by atoms with Gasteiger partial charge in [-0.05, 0) is 48.0 Å². The van der Waals surface area contributed by atoms with Crippen LogP contribution in [-0.2, 0) is 11.3 Å². The molecule has 0 bridgehead atoms. The normalized spacial score (nSPS) is 16.5. The van der Waals surface area contributed by atoms with Crippen LogP contribution in [0, 0.1) is 0 Å². The molecule has 1 aliphatic heterocycles. The number of hydrogen-bond acceptors (Lipinski definition) is 2. The molecule has 0 saturated carbocycles. The predicted octanol–water partition coefficient (Wildman–Crippen LogP) is 6.78. The van der Waals surface area contributed by atoms with Crippen molar-refractivity contribution in [2.75, 3.05) is 10.7 Å². The van der Waals surface area contributed by atoms with E-state index in [-0.39, 0.29) is 11.3 Å². The highest BCUT2D eigenvalue weighted by Gasteiger charge is 2.35. The molecule has 2 heterocycles. The first kappa shape index (κ1) is 19.6. The standard InChI is InChI=1S/C24H18Cl2N2OS/c25-17-8-10-19(11-9-17)28-23(29)15-30-24(28)21-14-27(22-7-2-1-6-20(21)22)13-16-4-3-5-18(26)12-16/h1-12,14,24H,13,15H2/t24-/m1/s1. The van der Waals surface area contributed by atoms with E-state index in [4.69, 9.17) is 23.2 Å². The zero-order chi connectivity index (χ0) is 20.7. The van der Waals surface area contributed by atoms with E-state index in [0.29, 0.717) is 17.3 Å². The number of carbonyl (C=O) groups excluding carboxylic acids is 1. The number of hydrogen-bond donors (Lipinski definition) is 0. The number of amides is 1. The van der Waals surface area contributed by atoms with Gasteiger partial charge < -0.3 is 4.57 Å². The van der Waals surface area contributed by atoms with Crippen LogP contribution in [0.4, 0.5) is 5.69 Å². The van der Waals surface area contributed by atoms with Gasteiger partial charge in [-0.25, -0.2) is 0 Å². The van der Waals surface area contributed by atoms with E-state index < -0.39 is 0 Å². The molecule has 1 fully saturated rings. The number of fused-ring (bicyclic) bond motifs is 1. The molecule has 150 valence electrons. The second-order valence-corrected chi connectivity index (χ2v) is 9.20. The van der Waals surface area contributed by atoms with Crippen molar-refractivity contribution in [2.24, 2.45) is 0 Å². The second kappa shape index (κ2) is 8.03. The van der Waals surface area contributed by atoms with Gasteiger partial charge in [-0.2, -0.15) is 0 Å². The topological polar surface area (TPSA) is 25.2 Å². The van der Waals surface area contributed by atoms with E-state index in [9.17, 15) is 4.79 Å². The fraction of sp³-hybridized carbons (Fsp3) is 0.125. The van der Waals surface area contributed by atoms with E-state index in [0.717, 1.165) is 32.7 Å². The van der Waals surface area contributed by atoms with Crippen molar-refractivity contribution in [2.45, 2.75) is 11.9 Å². The van der Waals surface area contributed by atoms with Gasteiger partial charge in [0.2, 0.25) is 5.91 Å². The van der Waals surface area contributed by atoms with Gasteiger partial charge in [-0.15, -0.1) is 11.8 Å². The Labute approximate surface area is 189 Å². The van der Waals surface area contributed by atoms with Gasteiger partial charge in [0.25, 0.3) is 0 Å². The van der Waals surface area contributed by atoms with Crippen molar-refractivity contribution in [3.8, 4) is 0 Å². The molecule has 0 N–H and O–H groups in total. The quantitative estimate of drug-likeness (QED) is 0.341. The summed E-state index contributed by atoms with van der Waals surface area (Å²) in [7, 11) is 0. The summed E-state index contributed by atoms with van der Waals surface area (Å²) in [6, 6.07) is 23.7. The third kappa shape index (κ3) is 3.60. The van der Waals surface area contributed by atoms with Crippen molar-refractivity contribution in [3.05, 3.63) is 100 Å². The number of anilines is 1. The van der Waals surface area contributed by atoms with Crippen LogP contribution >= 0.6 is 35.0 Å². The fourth-order valence-corrected chi connectivity index (χ4v) is 5.50. The molecule has 1 saturated heterocycles. The van der Waals surface area contributed by atoms with E-state index in [2.05, 4.69) is 29.0 Å². The number of benzene rings is 3. The summed E-state index contributed by atoms with van der Waals surface area (Å²) in [5, 5.41) is 2.47. The zero-order valence-electron chi connectivity index (χ0n) is 16.0. The third-order valence-corrected chi connectivity index (χ3v) is 6.98. The van der Waals surface area contributed by atoms with Crippen LogP contribution in [0.1, 0.15) is 16.5 Å². The van der Waals surface area contributed by atoms with Gasteiger partial charge in [0.1, 0.15) is 5.37 Å². The monoisotopic (exact) mass is 452 g/mol. The molecule has 3 aromatic carbocycles. The summed E-state index contributed by atoms with van der Waals surface area (Å²) in [6.07, 6.45) is 2.17. The van der Waals surface area contributed by atoms with Gasteiger partial charge in [-0.1, -0.05) is 53.5 Å². The average molecular weight is 453 g/mol. The van der Waals surface area contributed by atoms with Crippen LogP contribution in [0.3, 0.4) is 0 Å². The summed E-state index contributed by atoms with van der Waals surface area (Å²) >= 11 is 13.9. The number of thioether (sulfide) groups is 1. The summed E-state index contributed by atoms with van der Waals surface area (Å²) in [6.45, 7) is 0.716. The minimum absolute atomic E-state index is 0.0795. The lowest BCUT2D eigenvalue weighted by atomic mass is 10.1.